The van der Waals surface area contributed by atoms with E-state index in [1.807, 2.05) is 7.05 Å². The summed E-state index contributed by atoms with van der Waals surface area (Å²) in [5.74, 6) is 0. The number of aliphatic hydroxyl groups excluding tert-OH is 1. The first-order valence-electron chi connectivity index (χ1n) is 5.83. The third-order valence-corrected chi connectivity index (χ3v) is 3.81. The maximum absolute atomic E-state index is 10.4. The monoisotopic (exact) mass is 303 g/mol. The summed E-state index contributed by atoms with van der Waals surface area (Å²) in [6.45, 7) is 5.47. The van der Waals surface area contributed by atoms with Gasteiger partial charge >= 0.3 is 0 Å². The highest BCUT2D eigenvalue weighted by Gasteiger charge is 2.30. The largest absolute Gasteiger partial charge is 0.384 e. The maximum atomic E-state index is 10.4. The Morgan fingerprint density at radius 3 is 3.06 bits per heavy atom. The van der Waals surface area contributed by atoms with Crippen LogP contribution in [0.15, 0.2) is 10.7 Å². The molecule has 0 spiro atoms. The van der Waals surface area contributed by atoms with Crippen molar-refractivity contribution in [1.82, 2.24) is 14.7 Å². The number of aliphatic hydroxyl groups is 1. The molecule has 2 unspecified atom stereocenters. The van der Waals surface area contributed by atoms with Crippen LogP contribution in [0.4, 0.5) is 0 Å². The number of hydrogen-bond donors (Lipinski definition) is 1. The van der Waals surface area contributed by atoms with Gasteiger partial charge in [-0.1, -0.05) is 6.92 Å². The van der Waals surface area contributed by atoms with Gasteiger partial charge in [-0.2, -0.15) is 5.10 Å². The van der Waals surface area contributed by atoms with Crippen LogP contribution >= 0.6 is 15.9 Å². The molecule has 1 aromatic heterocycles. The van der Waals surface area contributed by atoms with Crippen molar-refractivity contribution in [2.75, 3.05) is 26.2 Å². The van der Waals surface area contributed by atoms with Gasteiger partial charge in [-0.3, -0.25) is 9.58 Å². The third kappa shape index (κ3) is 2.70. The molecule has 1 aliphatic heterocycles. The fourth-order valence-corrected chi connectivity index (χ4v) is 2.72. The summed E-state index contributed by atoms with van der Waals surface area (Å²) >= 11 is 3.40. The van der Waals surface area contributed by atoms with Crippen molar-refractivity contribution in [3.8, 4) is 0 Å². The van der Waals surface area contributed by atoms with Gasteiger partial charge < -0.3 is 9.84 Å². The molecule has 2 heterocycles. The Morgan fingerprint density at radius 2 is 2.47 bits per heavy atom. The topological polar surface area (TPSA) is 50.5 Å². The molecule has 0 aliphatic carbocycles. The van der Waals surface area contributed by atoms with E-state index in [1.54, 1.807) is 10.9 Å². The molecule has 1 saturated heterocycles. The van der Waals surface area contributed by atoms with Crippen LogP contribution in [0.5, 0.6) is 0 Å². The van der Waals surface area contributed by atoms with Crippen LogP contribution in [0.2, 0.25) is 0 Å². The first-order valence-corrected chi connectivity index (χ1v) is 6.62. The van der Waals surface area contributed by atoms with Crippen LogP contribution in [0.1, 0.15) is 18.7 Å². The molecule has 0 saturated carbocycles. The highest BCUT2D eigenvalue weighted by atomic mass is 79.9. The molecule has 6 heteroatoms. The number of halogens is 1. The van der Waals surface area contributed by atoms with Crippen LogP contribution in [-0.4, -0.2) is 52.1 Å². The summed E-state index contributed by atoms with van der Waals surface area (Å²) in [6, 6.07) is 0. The Balaban J connectivity index is 2.11. The average molecular weight is 304 g/mol. The predicted octanol–water partition coefficient (Wildman–Crippen LogP) is 0.937. The molecule has 96 valence electrons. The van der Waals surface area contributed by atoms with E-state index in [4.69, 9.17) is 4.74 Å². The van der Waals surface area contributed by atoms with Gasteiger partial charge in [0.25, 0.3) is 0 Å². The third-order valence-electron chi connectivity index (χ3n) is 3.19. The number of morpholine rings is 1. The Bertz CT molecular complexity index is 363. The summed E-state index contributed by atoms with van der Waals surface area (Å²) in [7, 11) is 1.82. The number of likely N-dealkylation sites (N-methyl/N-ethyl adjacent to an activating group) is 1. The van der Waals surface area contributed by atoms with Crippen molar-refractivity contribution in [2.24, 2.45) is 7.05 Å². The second kappa shape index (κ2) is 5.48. The summed E-state index contributed by atoms with van der Waals surface area (Å²) in [5.41, 5.74) is 0.771. The van der Waals surface area contributed by atoms with Gasteiger partial charge in [0.15, 0.2) is 0 Å². The molecular formula is C11H18BrN3O2. The molecule has 2 atom stereocenters. The minimum atomic E-state index is -0.647. The molecule has 0 bridgehead atoms. The van der Waals surface area contributed by atoms with Crippen molar-refractivity contribution >= 4 is 15.9 Å². The number of aromatic nitrogens is 2. The molecule has 0 radical (unpaired) electrons. The lowest BCUT2D eigenvalue weighted by Gasteiger charge is -2.34. The van der Waals surface area contributed by atoms with Crippen molar-refractivity contribution < 1.29 is 9.84 Å². The Morgan fingerprint density at radius 1 is 1.71 bits per heavy atom. The standard InChI is InChI=1S/C11H18BrN3O2/c1-3-15-4-5-17-9(7-15)11(16)10-8(12)6-13-14(10)2/h6,9,11,16H,3-5,7H2,1-2H3. The fraction of sp³-hybridized carbons (Fsp3) is 0.727. The normalized spacial score (nSPS) is 23.9. The Kier molecular flexibility index (Phi) is 4.19. The lowest BCUT2D eigenvalue weighted by molar-refractivity contribution is -0.0912. The summed E-state index contributed by atoms with van der Waals surface area (Å²) in [6.07, 6.45) is 0.862. The predicted molar refractivity (Wildman–Crippen MR) is 67.7 cm³/mol. The number of ether oxygens (including phenoxy) is 1. The molecule has 5 nitrogen and oxygen atoms in total. The van der Waals surface area contributed by atoms with E-state index in [1.165, 1.54) is 0 Å². The van der Waals surface area contributed by atoms with Crippen molar-refractivity contribution in [3.63, 3.8) is 0 Å². The minimum Gasteiger partial charge on any atom is -0.384 e. The molecule has 1 aliphatic rings. The second-order valence-electron chi connectivity index (χ2n) is 4.25. The van der Waals surface area contributed by atoms with Gasteiger partial charge in [0.1, 0.15) is 12.2 Å². The number of rotatable bonds is 3. The van der Waals surface area contributed by atoms with Gasteiger partial charge in [0.2, 0.25) is 0 Å². The second-order valence-corrected chi connectivity index (χ2v) is 5.10. The first-order chi connectivity index (χ1) is 8.13. The van der Waals surface area contributed by atoms with Gasteiger partial charge in [-0.15, -0.1) is 0 Å². The van der Waals surface area contributed by atoms with Crippen LogP contribution in [0, 0.1) is 0 Å². The lowest BCUT2D eigenvalue weighted by Crippen LogP contribution is -2.45. The SMILES string of the molecule is CCN1CCOC(C(O)c2c(Br)cnn2C)C1. The molecule has 1 fully saturated rings. The Hall–Kier alpha value is -0.430. The number of aryl methyl sites for hydroxylation is 1. The van der Waals surface area contributed by atoms with Gasteiger partial charge in [-0.25, -0.2) is 0 Å². The van der Waals surface area contributed by atoms with E-state index in [-0.39, 0.29) is 6.10 Å². The molecule has 0 aromatic carbocycles. The maximum Gasteiger partial charge on any atom is 0.124 e. The highest BCUT2D eigenvalue weighted by Crippen LogP contribution is 2.27. The van der Waals surface area contributed by atoms with Crippen LogP contribution in [0.3, 0.4) is 0 Å². The van der Waals surface area contributed by atoms with E-state index < -0.39 is 6.10 Å². The number of nitrogens with zero attached hydrogens (tertiary/aromatic N) is 3. The molecule has 17 heavy (non-hydrogen) atoms. The zero-order valence-electron chi connectivity index (χ0n) is 10.1. The lowest BCUT2D eigenvalue weighted by atomic mass is 10.1. The molecule has 0 amide bonds. The quantitative estimate of drug-likeness (QED) is 0.903. The van der Waals surface area contributed by atoms with Crippen LogP contribution in [-0.2, 0) is 11.8 Å². The summed E-state index contributed by atoms with van der Waals surface area (Å²) in [5, 5.41) is 14.5. The van der Waals surface area contributed by atoms with Crippen molar-refractivity contribution in [2.45, 2.75) is 19.1 Å². The summed E-state index contributed by atoms with van der Waals surface area (Å²) in [4.78, 5) is 2.28. The zero-order chi connectivity index (χ0) is 12.4. The van der Waals surface area contributed by atoms with Crippen LogP contribution in [0.25, 0.3) is 0 Å². The molecule has 1 N–H and O–H groups in total. The zero-order valence-corrected chi connectivity index (χ0v) is 11.7. The first kappa shape index (κ1) is 13.0. The van der Waals surface area contributed by atoms with E-state index in [0.29, 0.717) is 6.61 Å². The van der Waals surface area contributed by atoms with Crippen molar-refractivity contribution in [3.05, 3.63) is 16.4 Å². The Labute approximate surface area is 109 Å². The smallest absolute Gasteiger partial charge is 0.124 e. The van der Waals surface area contributed by atoms with E-state index >= 15 is 0 Å². The molecule has 2 rings (SSSR count). The minimum absolute atomic E-state index is 0.185. The van der Waals surface area contributed by atoms with Gasteiger partial charge in [0.05, 0.1) is 23.0 Å². The average Bonchev–Trinajstić information content (AvgIpc) is 2.68. The fourth-order valence-electron chi connectivity index (χ4n) is 2.14. The summed E-state index contributed by atoms with van der Waals surface area (Å²) < 4.78 is 8.16. The number of hydrogen-bond acceptors (Lipinski definition) is 4. The van der Waals surface area contributed by atoms with E-state index in [2.05, 4.69) is 32.9 Å². The van der Waals surface area contributed by atoms with E-state index in [9.17, 15) is 5.11 Å². The highest BCUT2D eigenvalue weighted by molar-refractivity contribution is 9.10. The van der Waals surface area contributed by atoms with Crippen molar-refractivity contribution in [1.29, 1.82) is 0 Å². The van der Waals surface area contributed by atoms with Gasteiger partial charge in [0, 0.05) is 20.1 Å². The van der Waals surface area contributed by atoms with Gasteiger partial charge in [-0.05, 0) is 22.5 Å². The molecule has 1 aromatic rings. The van der Waals surface area contributed by atoms with E-state index in [0.717, 1.165) is 29.8 Å². The van der Waals surface area contributed by atoms with Crippen LogP contribution < -0.4 is 0 Å². The molecular weight excluding hydrogens is 286 g/mol.